The van der Waals surface area contributed by atoms with Crippen LogP contribution >= 0.6 is 11.8 Å². The molecular formula is C26H31N5O4S. The van der Waals surface area contributed by atoms with E-state index in [1.807, 2.05) is 57.4 Å². The summed E-state index contributed by atoms with van der Waals surface area (Å²) in [5.74, 6) is 1.74. The van der Waals surface area contributed by atoms with Crippen LogP contribution in [0.1, 0.15) is 54.1 Å². The number of anilines is 1. The van der Waals surface area contributed by atoms with Crippen LogP contribution in [-0.4, -0.2) is 39.1 Å². The Kier molecular flexibility index (Phi) is 7.83. The summed E-state index contributed by atoms with van der Waals surface area (Å²) < 4.78 is 12.7. The number of rotatable bonds is 9. The number of nitrogens with one attached hydrogen (secondary N) is 2. The SMILES string of the molecule is CCn1c(SCC(=O)Nc2c(C)cccc2C)nnc1C(NC(=O)c1ccc2c(c1)OCO2)C(C)C. The van der Waals surface area contributed by atoms with Crippen LogP contribution in [0.4, 0.5) is 5.69 Å². The first-order valence-electron chi connectivity index (χ1n) is 11.9. The lowest BCUT2D eigenvalue weighted by Gasteiger charge is -2.22. The van der Waals surface area contributed by atoms with E-state index >= 15 is 0 Å². The van der Waals surface area contributed by atoms with Crippen LogP contribution < -0.4 is 20.1 Å². The topological polar surface area (TPSA) is 107 Å². The van der Waals surface area contributed by atoms with Gasteiger partial charge in [-0.2, -0.15) is 0 Å². The molecule has 1 unspecified atom stereocenters. The summed E-state index contributed by atoms with van der Waals surface area (Å²) in [4.78, 5) is 25.7. The van der Waals surface area contributed by atoms with Gasteiger partial charge in [-0.05, 0) is 56.0 Å². The molecule has 3 aromatic rings. The van der Waals surface area contributed by atoms with Crippen molar-refractivity contribution in [3.05, 3.63) is 58.9 Å². The molecule has 9 nitrogen and oxygen atoms in total. The third-order valence-corrected chi connectivity index (χ3v) is 6.97. The van der Waals surface area contributed by atoms with E-state index in [-0.39, 0.29) is 36.3 Å². The minimum atomic E-state index is -0.367. The van der Waals surface area contributed by atoms with E-state index in [1.54, 1.807) is 18.2 Å². The van der Waals surface area contributed by atoms with Gasteiger partial charge in [-0.1, -0.05) is 43.8 Å². The monoisotopic (exact) mass is 509 g/mol. The second-order valence-corrected chi connectivity index (χ2v) is 9.89. The summed E-state index contributed by atoms with van der Waals surface area (Å²) in [6.07, 6.45) is 0. The normalized spacial score (nSPS) is 13.1. The van der Waals surface area contributed by atoms with Crippen molar-refractivity contribution >= 4 is 29.3 Å². The second kappa shape index (κ2) is 11.0. The van der Waals surface area contributed by atoms with Gasteiger partial charge >= 0.3 is 0 Å². The maximum absolute atomic E-state index is 13.1. The lowest BCUT2D eigenvalue weighted by molar-refractivity contribution is -0.113. The molecule has 4 rings (SSSR count). The summed E-state index contributed by atoms with van der Waals surface area (Å²) in [7, 11) is 0. The summed E-state index contributed by atoms with van der Waals surface area (Å²) in [6.45, 7) is 10.7. The molecule has 0 radical (unpaired) electrons. The highest BCUT2D eigenvalue weighted by atomic mass is 32.2. The molecular weight excluding hydrogens is 478 g/mol. The van der Waals surface area contributed by atoms with Crippen molar-refractivity contribution < 1.29 is 19.1 Å². The maximum Gasteiger partial charge on any atom is 0.252 e. The standard InChI is InChI=1S/C26H31N5O4S/c1-6-31-24(22(15(2)3)28-25(33)18-10-11-19-20(12-18)35-14-34-19)29-30-26(31)36-13-21(32)27-23-16(4)8-7-9-17(23)5/h7-12,15,22H,6,13-14H2,1-5H3,(H,27,32)(H,28,33). The molecule has 2 aromatic carbocycles. The van der Waals surface area contributed by atoms with E-state index in [2.05, 4.69) is 20.8 Å². The summed E-state index contributed by atoms with van der Waals surface area (Å²) >= 11 is 1.32. The van der Waals surface area contributed by atoms with Gasteiger partial charge < -0.3 is 24.7 Å². The van der Waals surface area contributed by atoms with E-state index in [4.69, 9.17) is 9.47 Å². The Balaban J connectivity index is 1.46. The average Bonchev–Trinajstić information content (AvgIpc) is 3.49. The molecule has 1 aliphatic rings. The van der Waals surface area contributed by atoms with E-state index < -0.39 is 0 Å². The van der Waals surface area contributed by atoms with Crippen molar-refractivity contribution in [1.82, 2.24) is 20.1 Å². The van der Waals surface area contributed by atoms with Gasteiger partial charge in [0.25, 0.3) is 5.91 Å². The molecule has 2 N–H and O–H groups in total. The fourth-order valence-electron chi connectivity index (χ4n) is 4.04. The number of thioether (sulfide) groups is 1. The molecule has 190 valence electrons. The fourth-order valence-corrected chi connectivity index (χ4v) is 4.85. The molecule has 0 saturated heterocycles. The predicted molar refractivity (Wildman–Crippen MR) is 139 cm³/mol. The Hall–Kier alpha value is -3.53. The highest BCUT2D eigenvalue weighted by molar-refractivity contribution is 7.99. The molecule has 1 atom stereocenters. The van der Waals surface area contributed by atoms with Gasteiger partial charge in [0.05, 0.1) is 11.8 Å². The summed E-state index contributed by atoms with van der Waals surface area (Å²) in [5, 5.41) is 15.5. The first-order chi connectivity index (χ1) is 17.3. The third kappa shape index (κ3) is 5.48. The van der Waals surface area contributed by atoms with Gasteiger partial charge in [0, 0.05) is 17.8 Å². The van der Waals surface area contributed by atoms with Gasteiger partial charge in [-0.3, -0.25) is 9.59 Å². The Morgan fingerprint density at radius 2 is 1.81 bits per heavy atom. The molecule has 36 heavy (non-hydrogen) atoms. The Morgan fingerprint density at radius 3 is 2.50 bits per heavy atom. The van der Waals surface area contributed by atoms with E-state index in [9.17, 15) is 9.59 Å². The van der Waals surface area contributed by atoms with Crippen LogP contribution in [0, 0.1) is 19.8 Å². The first-order valence-corrected chi connectivity index (χ1v) is 12.9. The molecule has 0 bridgehead atoms. The molecule has 0 fully saturated rings. The molecule has 2 heterocycles. The molecule has 0 saturated carbocycles. The Morgan fingerprint density at radius 1 is 1.08 bits per heavy atom. The highest BCUT2D eigenvalue weighted by Gasteiger charge is 2.27. The number of para-hydroxylation sites is 1. The van der Waals surface area contributed by atoms with Crippen LogP contribution in [0.25, 0.3) is 0 Å². The van der Waals surface area contributed by atoms with E-state index in [1.165, 1.54) is 11.8 Å². The fraction of sp³-hybridized carbons (Fsp3) is 0.385. The van der Waals surface area contributed by atoms with Gasteiger partial charge in [0.15, 0.2) is 22.5 Å². The number of fused-ring (bicyclic) bond motifs is 1. The lowest BCUT2D eigenvalue weighted by atomic mass is 10.0. The number of benzene rings is 2. The molecule has 1 aliphatic heterocycles. The number of carbonyl (C=O) groups is 2. The van der Waals surface area contributed by atoms with Crippen LogP contribution in [0.3, 0.4) is 0 Å². The number of carbonyl (C=O) groups excluding carboxylic acids is 2. The maximum atomic E-state index is 13.1. The molecule has 1 aromatic heterocycles. The highest BCUT2D eigenvalue weighted by Crippen LogP contribution is 2.33. The Labute approximate surface area is 215 Å². The van der Waals surface area contributed by atoms with Gasteiger partial charge in [0.2, 0.25) is 12.7 Å². The zero-order valence-corrected chi connectivity index (χ0v) is 21.9. The van der Waals surface area contributed by atoms with Gasteiger partial charge in [-0.25, -0.2) is 0 Å². The molecule has 10 heteroatoms. The van der Waals surface area contributed by atoms with Crippen molar-refractivity contribution in [2.24, 2.45) is 5.92 Å². The minimum Gasteiger partial charge on any atom is -0.454 e. The zero-order valence-electron chi connectivity index (χ0n) is 21.1. The minimum absolute atomic E-state index is 0.0580. The second-order valence-electron chi connectivity index (χ2n) is 8.95. The molecule has 0 aliphatic carbocycles. The largest absolute Gasteiger partial charge is 0.454 e. The lowest BCUT2D eigenvalue weighted by Crippen LogP contribution is -2.33. The number of hydrogen-bond donors (Lipinski definition) is 2. The number of amides is 2. The number of ether oxygens (including phenoxy) is 2. The number of hydrogen-bond acceptors (Lipinski definition) is 7. The quantitative estimate of drug-likeness (QED) is 0.409. The van der Waals surface area contributed by atoms with E-state index in [0.29, 0.717) is 34.6 Å². The number of aryl methyl sites for hydroxylation is 2. The van der Waals surface area contributed by atoms with Crippen LogP contribution in [0.15, 0.2) is 41.6 Å². The van der Waals surface area contributed by atoms with Crippen LogP contribution in [0.2, 0.25) is 0 Å². The number of nitrogens with zero attached hydrogens (tertiary/aromatic N) is 3. The van der Waals surface area contributed by atoms with Crippen LogP contribution in [0.5, 0.6) is 11.5 Å². The third-order valence-electron chi connectivity index (χ3n) is 6.01. The summed E-state index contributed by atoms with van der Waals surface area (Å²) in [6, 6.07) is 10.7. The predicted octanol–water partition coefficient (Wildman–Crippen LogP) is 4.50. The smallest absolute Gasteiger partial charge is 0.252 e. The van der Waals surface area contributed by atoms with Gasteiger partial charge in [-0.15, -0.1) is 10.2 Å². The van der Waals surface area contributed by atoms with Crippen molar-refractivity contribution in [2.45, 2.75) is 52.4 Å². The molecule has 0 spiro atoms. The number of aromatic nitrogens is 3. The van der Waals surface area contributed by atoms with Crippen molar-refractivity contribution in [3.8, 4) is 11.5 Å². The van der Waals surface area contributed by atoms with E-state index in [0.717, 1.165) is 16.8 Å². The Bertz CT molecular complexity index is 1250. The van der Waals surface area contributed by atoms with Crippen molar-refractivity contribution in [2.75, 3.05) is 17.9 Å². The van der Waals surface area contributed by atoms with Crippen molar-refractivity contribution in [1.29, 1.82) is 0 Å². The first kappa shape index (κ1) is 25.6. The van der Waals surface area contributed by atoms with Crippen LogP contribution in [-0.2, 0) is 11.3 Å². The van der Waals surface area contributed by atoms with Gasteiger partial charge in [0.1, 0.15) is 0 Å². The molecule has 2 amide bonds. The summed E-state index contributed by atoms with van der Waals surface area (Å²) in [5.41, 5.74) is 3.35. The average molecular weight is 510 g/mol. The zero-order chi connectivity index (χ0) is 25.8. The van der Waals surface area contributed by atoms with Crippen molar-refractivity contribution in [3.63, 3.8) is 0 Å².